The zero-order chi connectivity index (χ0) is 10.6. The predicted octanol–water partition coefficient (Wildman–Crippen LogP) is 1.42. The Bertz CT molecular complexity index is 342. The van der Waals surface area contributed by atoms with Gasteiger partial charge in [-0.25, -0.2) is 9.78 Å². The Kier molecular flexibility index (Phi) is 3.67. The van der Waals surface area contributed by atoms with Gasteiger partial charge in [-0.1, -0.05) is 11.6 Å². The zero-order valence-electron chi connectivity index (χ0n) is 7.36. The largest absolute Gasteiger partial charge is 0.478 e. The molecule has 0 spiro atoms. The summed E-state index contributed by atoms with van der Waals surface area (Å²) in [5, 5.41) is 8.75. The molecule has 0 atom stereocenters. The third-order valence-corrected chi connectivity index (χ3v) is 1.54. The molecule has 0 fully saturated rings. The third kappa shape index (κ3) is 2.86. The fraction of sp³-hybridized carbons (Fsp3) is 0.250. The Balaban J connectivity index is 2.89. The Morgan fingerprint density at radius 1 is 1.64 bits per heavy atom. The molecule has 1 N–H and O–H groups in total. The van der Waals surface area contributed by atoms with E-state index in [9.17, 15) is 4.79 Å². The van der Waals surface area contributed by atoms with Gasteiger partial charge >= 0.3 is 5.97 Å². The number of ether oxygens (including phenoxy) is 2. The summed E-state index contributed by atoms with van der Waals surface area (Å²) in [5.41, 5.74) is 0.0242. The van der Waals surface area contributed by atoms with Crippen LogP contribution < -0.4 is 4.74 Å². The highest BCUT2D eigenvalue weighted by molar-refractivity contribution is 6.29. The highest BCUT2D eigenvalue weighted by Crippen LogP contribution is 2.16. The SMILES string of the molecule is COCOc1cc(C(=O)O)cc(Cl)n1. The molecule has 1 aromatic heterocycles. The number of halogens is 1. The second-order valence-corrected chi connectivity index (χ2v) is 2.76. The first kappa shape index (κ1) is 10.7. The maximum Gasteiger partial charge on any atom is 0.335 e. The van der Waals surface area contributed by atoms with Crippen LogP contribution in [0.4, 0.5) is 0 Å². The summed E-state index contributed by atoms with van der Waals surface area (Å²) >= 11 is 5.58. The van der Waals surface area contributed by atoms with Crippen LogP contribution >= 0.6 is 11.6 Å². The van der Waals surface area contributed by atoms with Crippen LogP contribution in [0.2, 0.25) is 5.15 Å². The smallest absolute Gasteiger partial charge is 0.335 e. The normalized spacial score (nSPS) is 9.86. The number of hydrogen-bond donors (Lipinski definition) is 1. The standard InChI is InChI=1S/C8H8ClNO4/c1-13-4-14-7-3-5(8(11)12)2-6(9)10-7/h2-3H,4H2,1H3,(H,11,12). The van der Waals surface area contributed by atoms with Crippen molar-refractivity contribution in [2.24, 2.45) is 0 Å². The lowest BCUT2D eigenvalue weighted by molar-refractivity contribution is 0.0475. The van der Waals surface area contributed by atoms with Crippen molar-refractivity contribution in [3.63, 3.8) is 0 Å². The van der Waals surface area contributed by atoms with Gasteiger partial charge in [0.1, 0.15) is 5.15 Å². The number of pyridine rings is 1. The van der Waals surface area contributed by atoms with Crippen molar-refractivity contribution < 1.29 is 19.4 Å². The Hall–Kier alpha value is -1.33. The van der Waals surface area contributed by atoms with E-state index >= 15 is 0 Å². The lowest BCUT2D eigenvalue weighted by Crippen LogP contribution is -2.03. The van der Waals surface area contributed by atoms with E-state index in [1.54, 1.807) is 0 Å². The lowest BCUT2D eigenvalue weighted by atomic mass is 10.3. The minimum Gasteiger partial charge on any atom is -0.478 e. The Labute approximate surface area is 85.2 Å². The highest BCUT2D eigenvalue weighted by atomic mass is 35.5. The number of hydrogen-bond acceptors (Lipinski definition) is 4. The predicted molar refractivity (Wildman–Crippen MR) is 48.7 cm³/mol. The van der Waals surface area contributed by atoms with Crippen LogP contribution in [0.25, 0.3) is 0 Å². The van der Waals surface area contributed by atoms with E-state index < -0.39 is 5.97 Å². The maximum atomic E-state index is 10.6. The molecular weight excluding hydrogens is 210 g/mol. The molecule has 0 aliphatic rings. The van der Waals surface area contributed by atoms with Crippen LogP contribution in [0.1, 0.15) is 10.4 Å². The first-order valence-electron chi connectivity index (χ1n) is 3.66. The summed E-state index contributed by atoms with van der Waals surface area (Å²) < 4.78 is 9.58. The van der Waals surface area contributed by atoms with Gasteiger partial charge < -0.3 is 14.6 Å². The Morgan fingerprint density at radius 3 is 2.93 bits per heavy atom. The molecular formula is C8H8ClNO4. The summed E-state index contributed by atoms with van der Waals surface area (Å²) in [6.07, 6.45) is 0. The van der Waals surface area contributed by atoms with Gasteiger partial charge in [-0.15, -0.1) is 0 Å². The molecule has 1 aromatic rings. The number of nitrogens with zero attached hydrogens (tertiary/aromatic N) is 1. The van der Waals surface area contributed by atoms with E-state index in [2.05, 4.69) is 9.72 Å². The molecule has 0 aliphatic heterocycles. The number of carboxylic acid groups (broad SMARTS) is 1. The van der Waals surface area contributed by atoms with Gasteiger partial charge in [0.25, 0.3) is 0 Å². The van der Waals surface area contributed by atoms with Gasteiger partial charge in [0.05, 0.1) is 5.56 Å². The number of rotatable bonds is 4. The number of carboxylic acids is 1. The first-order valence-corrected chi connectivity index (χ1v) is 4.04. The summed E-state index contributed by atoms with van der Waals surface area (Å²) in [5.74, 6) is -0.965. The van der Waals surface area contributed by atoms with E-state index in [4.69, 9.17) is 21.4 Å². The molecule has 1 heterocycles. The van der Waals surface area contributed by atoms with Crippen molar-refractivity contribution in [3.8, 4) is 5.88 Å². The van der Waals surface area contributed by atoms with Crippen LogP contribution in [-0.2, 0) is 4.74 Å². The summed E-state index contributed by atoms with van der Waals surface area (Å²) in [6.45, 7) is -0.00754. The summed E-state index contributed by atoms with van der Waals surface area (Å²) in [7, 11) is 1.45. The summed E-state index contributed by atoms with van der Waals surface area (Å²) in [6, 6.07) is 2.51. The molecule has 0 saturated carbocycles. The molecule has 14 heavy (non-hydrogen) atoms. The molecule has 0 unspecified atom stereocenters. The fourth-order valence-electron chi connectivity index (χ4n) is 0.790. The van der Waals surface area contributed by atoms with Crippen molar-refractivity contribution in [2.75, 3.05) is 13.9 Å². The molecule has 76 valence electrons. The fourth-order valence-corrected chi connectivity index (χ4v) is 0.990. The van der Waals surface area contributed by atoms with Crippen LogP contribution in [0, 0.1) is 0 Å². The van der Waals surface area contributed by atoms with Crippen LogP contribution in [0.15, 0.2) is 12.1 Å². The number of carbonyl (C=O) groups is 1. The zero-order valence-corrected chi connectivity index (χ0v) is 8.11. The molecule has 6 heteroatoms. The average molecular weight is 218 g/mol. The number of methoxy groups -OCH3 is 1. The first-order chi connectivity index (χ1) is 6.63. The van der Waals surface area contributed by atoms with Crippen molar-refractivity contribution in [3.05, 3.63) is 22.8 Å². The van der Waals surface area contributed by atoms with Crippen LogP contribution in [0.3, 0.4) is 0 Å². The minimum absolute atomic E-state index is 0.00754. The summed E-state index contributed by atoms with van der Waals surface area (Å²) in [4.78, 5) is 14.4. The van der Waals surface area contributed by atoms with E-state index in [1.165, 1.54) is 19.2 Å². The van der Waals surface area contributed by atoms with Crippen LogP contribution in [-0.4, -0.2) is 30.0 Å². The van der Waals surface area contributed by atoms with Crippen LogP contribution in [0.5, 0.6) is 5.88 Å². The Morgan fingerprint density at radius 2 is 2.36 bits per heavy atom. The van der Waals surface area contributed by atoms with Crippen molar-refractivity contribution in [2.45, 2.75) is 0 Å². The lowest BCUT2D eigenvalue weighted by Gasteiger charge is -2.04. The molecule has 0 bridgehead atoms. The monoisotopic (exact) mass is 217 g/mol. The average Bonchev–Trinajstić information content (AvgIpc) is 2.14. The van der Waals surface area contributed by atoms with Gasteiger partial charge in [0.15, 0.2) is 6.79 Å². The molecule has 1 rings (SSSR count). The van der Waals surface area contributed by atoms with Gasteiger partial charge in [0.2, 0.25) is 5.88 Å². The topological polar surface area (TPSA) is 68.7 Å². The number of aromatic carboxylic acids is 1. The van der Waals surface area contributed by atoms with E-state index in [-0.39, 0.29) is 23.4 Å². The second kappa shape index (κ2) is 4.78. The minimum atomic E-state index is -1.09. The number of aromatic nitrogens is 1. The second-order valence-electron chi connectivity index (χ2n) is 2.37. The molecule has 0 aromatic carbocycles. The molecule has 5 nitrogen and oxygen atoms in total. The van der Waals surface area contributed by atoms with E-state index in [0.29, 0.717) is 0 Å². The molecule has 0 aliphatic carbocycles. The third-order valence-electron chi connectivity index (χ3n) is 1.34. The maximum absolute atomic E-state index is 10.6. The van der Waals surface area contributed by atoms with E-state index in [0.717, 1.165) is 0 Å². The highest BCUT2D eigenvalue weighted by Gasteiger charge is 2.07. The van der Waals surface area contributed by atoms with Crippen molar-refractivity contribution >= 4 is 17.6 Å². The van der Waals surface area contributed by atoms with Crippen molar-refractivity contribution in [1.82, 2.24) is 4.98 Å². The molecule has 0 amide bonds. The van der Waals surface area contributed by atoms with Gasteiger partial charge in [-0.05, 0) is 6.07 Å². The van der Waals surface area contributed by atoms with Gasteiger partial charge in [-0.3, -0.25) is 0 Å². The van der Waals surface area contributed by atoms with Crippen molar-refractivity contribution in [1.29, 1.82) is 0 Å². The quantitative estimate of drug-likeness (QED) is 0.610. The van der Waals surface area contributed by atoms with Gasteiger partial charge in [-0.2, -0.15) is 0 Å². The molecule has 0 radical (unpaired) electrons. The van der Waals surface area contributed by atoms with E-state index in [1.807, 2.05) is 0 Å². The molecule has 0 saturated heterocycles. The van der Waals surface area contributed by atoms with Gasteiger partial charge in [0, 0.05) is 13.2 Å².